The van der Waals surface area contributed by atoms with E-state index >= 15 is 0 Å². The molecule has 0 saturated heterocycles. The predicted molar refractivity (Wildman–Crippen MR) is 116 cm³/mol. The van der Waals surface area contributed by atoms with Crippen LogP contribution in [0.5, 0.6) is 0 Å². The normalized spacial score (nSPS) is 12.6. The van der Waals surface area contributed by atoms with Crippen LogP contribution < -0.4 is 9.86 Å². The highest BCUT2D eigenvalue weighted by atomic mass is 32.2. The molecule has 0 aliphatic carbocycles. The molecular formula is C20H22N4O2S2. The molecule has 2 aromatic heterocycles. The zero-order chi connectivity index (χ0) is 20.5. The molecule has 3 aromatic rings. The summed E-state index contributed by atoms with van der Waals surface area (Å²) in [5, 5.41) is 4.98. The second-order valence-corrected chi connectivity index (χ2v) is 8.52. The average Bonchev–Trinajstić information content (AvgIpc) is 3.02. The number of aromatic nitrogens is 2. The van der Waals surface area contributed by atoms with Gasteiger partial charge in [-0.25, -0.2) is 5.14 Å². The molecule has 0 radical (unpaired) electrons. The maximum Gasteiger partial charge on any atom is 0.296 e. The van der Waals surface area contributed by atoms with Gasteiger partial charge in [-0.1, -0.05) is 49.0 Å². The molecule has 3 rings (SSSR count). The number of rotatable bonds is 6. The third-order valence-corrected chi connectivity index (χ3v) is 5.49. The molecule has 2 heterocycles. The van der Waals surface area contributed by atoms with E-state index in [-0.39, 0.29) is 5.92 Å². The van der Waals surface area contributed by atoms with Crippen LogP contribution >= 0.6 is 12.2 Å². The zero-order valence-corrected chi connectivity index (χ0v) is 17.5. The molecule has 6 nitrogen and oxygen atoms in total. The number of nitrogens with one attached hydrogen (secondary N) is 2. The lowest BCUT2D eigenvalue weighted by Crippen LogP contribution is -2.21. The van der Waals surface area contributed by atoms with Crippen LogP contribution in [-0.4, -0.2) is 23.3 Å². The zero-order valence-electron chi connectivity index (χ0n) is 15.9. The minimum atomic E-state index is -3.81. The van der Waals surface area contributed by atoms with Crippen molar-refractivity contribution in [2.24, 2.45) is 5.14 Å². The van der Waals surface area contributed by atoms with Gasteiger partial charge in [-0.3, -0.25) is 9.71 Å². The maximum absolute atomic E-state index is 11.1. The van der Waals surface area contributed by atoms with Gasteiger partial charge in [-0.05, 0) is 43.2 Å². The predicted octanol–water partition coefficient (Wildman–Crippen LogP) is 3.56. The maximum atomic E-state index is 11.1. The Balaban J connectivity index is 1.83. The summed E-state index contributed by atoms with van der Waals surface area (Å²) >= 11 is 5.68. The number of benzene rings is 1. The van der Waals surface area contributed by atoms with E-state index in [1.54, 1.807) is 12.1 Å². The number of aromatic amines is 1. The molecule has 0 bridgehead atoms. The first kappa shape index (κ1) is 20.2. The van der Waals surface area contributed by atoms with Gasteiger partial charge in [0.15, 0.2) is 0 Å². The van der Waals surface area contributed by atoms with Gasteiger partial charge < -0.3 is 4.98 Å². The molecule has 28 heavy (non-hydrogen) atoms. The fraction of sp³-hybridized carbons (Fsp3) is 0.200. The molecule has 0 aliphatic rings. The first-order chi connectivity index (χ1) is 13.1. The van der Waals surface area contributed by atoms with Crippen LogP contribution in [0, 0.1) is 13.8 Å². The molecule has 0 saturated carbocycles. The van der Waals surface area contributed by atoms with Gasteiger partial charge in [0.1, 0.15) is 0 Å². The van der Waals surface area contributed by atoms with Gasteiger partial charge >= 0.3 is 0 Å². The van der Waals surface area contributed by atoms with E-state index in [9.17, 15) is 8.42 Å². The molecule has 1 atom stereocenters. The van der Waals surface area contributed by atoms with Gasteiger partial charge in [0, 0.05) is 17.3 Å². The number of nitrogens with two attached hydrogens (primary N) is 1. The topological polar surface area (TPSA) is 101 Å². The van der Waals surface area contributed by atoms with Crippen molar-refractivity contribution < 1.29 is 8.42 Å². The van der Waals surface area contributed by atoms with Crippen molar-refractivity contribution in [3.8, 4) is 0 Å². The van der Waals surface area contributed by atoms with Gasteiger partial charge in [-0.15, -0.1) is 0 Å². The minimum Gasteiger partial charge on any atom is -0.357 e. The van der Waals surface area contributed by atoms with Crippen LogP contribution in [0.1, 0.15) is 46.6 Å². The highest BCUT2D eigenvalue weighted by Crippen LogP contribution is 2.26. The van der Waals surface area contributed by atoms with Crippen molar-refractivity contribution in [1.29, 1.82) is 0 Å². The van der Waals surface area contributed by atoms with Crippen LogP contribution in [0.2, 0.25) is 0 Å². The summed E-state index contributed by atoms with van der Waals surface area (Å²) in [6.07, 6.45) is 1.45. The largest absolute Gasteiger partial charge is 0.357 e. The number of nitrogens with zero attached hydrogens (tertiary/aromatic N) is 1. The third-order valence-electron chi connectivity index (χ3n) is 4.53. The van der Waals surface area contributed by atoms with Gasteiger partial charge in [0.25, 0.3) is 10.2 Å². The van der Waals surface area contributed by atoms with Gasteiger partial charge in [-0.2, -0.15) is 8.42 Å². The lowest BCUT2D eigenvalue weighted by Gasteiger charge is -2.11. The first-order valence-corrected chi connectivity index (χ1v) is 10.7. The minimum absolute atomic E-state index is 0.0169. The molecular weight excluding hydrogens is 392 g/mol. The fourth-order valence-corrected chi connectivity index (χ4v) is 3.75. The summed E-state index contributed by atoms with van der Waals surface area (Å²) in [5.74, 6) is -0.0169. The second kappa shape index (κ2) is 7.83. The summed E-state index contributed by atoms with van der Waals surface area (Å²) in [7, 11) is -3.81. The molecule has 4 N–H and O–H groups in total. The number of hydrogen-bond donors (Lipinski definition) is 3. The number of H-pyrrole nitrogens is 1. The number of pyridine rings is 1. The molecule has 0 amide bonds. The summed E-state index contributed by atoms with van der Waals surface area (Å²) in [6, 6.07) is 13.6. The Morgan fingerprint density at radius 1 is 1.18 bits per heavy atom. The Kier molecular flexibility index (Phi) is 5.64. The summed E-state index contributed by atoms with van der Waals surface area (Å²) in [4.78, 5) is 8.56. The van der Waals surface area contributed by atoms with Gasteiger partial charge in [0.2, 0.25) is 0 Å². The summed E-state index contributed by atoms with van der Waals surface area (Å²) in [5.41, 5.74) is 6.29. The second-order valence-electron chi connectivity index (χ2n) is 6.82. The van der Waals surface area contributed by atoms with Crippen molar-refractivity contribution >= 4 is 33.0 Å². The van der Waals surface area contributed by atoms with E-state index in [0.29, 0.717) is 5.69 Å². The molecule has 146 valence electrons. The van der Waals surface area contributed by atoms with Crippen molar-refractivity contribution in [2.75, 3.05) is 4.72 Å². The van der Waals surface area contributed by atoms with Gasteiger partial charge in [0.05, 0.1) is 22.4 Å². The smallest absolute Gasteiger partial charge is 0.296 e. The monoisotopic (exact) mass is 414 g/mol. The molecule has 0 aliphatic heterocycles. The molecule has 0 fully saturated rings. The quantitative estimate of drug-likeness (QED) is 0.424. The lowest BCUT2D eigenvalue weighted by molar-refractivity contribution is 0.603. The Bertz CT molecular complexity index is 1100. The van der Waals surface area contributed by atoms with Crippen molar-refractivity contribution in [3.05, 3.63) is 82.4 Å². The standard InChI is InChI=1S/C20H22N4O2S2/c1-12-4-6-15(7-5-12)20(27)19-13(2)10-18(23-19)14(3)17-9-8-16(11-22-17)24-28(21,25)26/h4-11,14,23-24H,1-3H3,(H2,21,25,26). The highest BCUT2D eigenvalue weighted by Gasteiger charge is 2.17. The van der Waals surface area contributed by atoms with Crippen LogP contribution in [0.15, 0.2) is 48.7 Å². The number of aryl methyl sites for hydroxylation is 2. The van der Waals surface area contributed by atoms with Crippen LogP contribution in [0.25, 0.3) is 0 Å². The fourth-order valence-electron chi connectivity index (χ4n) is 2.95. The number of anilines is 1. The SMILES string of the molecule is Cc1ccc(C(=S)c2[nH]c(C(C)c3ccc(NS(N)(=O)=O)cn3)cc2C)cc1. The van der Waals surface area contributed by atoms with E-state index in [2.05, 4.69) is 20.8 Å². The summed E-state index contributed by atoms with van der Waals surface area (Å²) in [6.45, 7) is 6.09. The van der Waals surface area contributed by atoms with E-state index in [0.717, 1.165) is 33.1 Å². The Hall–Kier alpha value is -2.55. The van der Waals surface area contributed by atoms with Crippen molar-refractivity contribution in [2.45, 2.75) is 26.7 Å². The third kappa shape index (κ3) is 4.64. The molecule has 0 spiro atoms. The van der Waals surface area contributed by atoms with E-state index in [1.165, 1.54) is 11.8 Å². The Morgan fingerprint density at radius 3 is 2.43 bits per heavy atom. The highest BCUT2D eigenvalue weighted by molar-refractivity contribution is 7.90. The van der Waals surface area contributed by atoms with E-state index < -0.39 is 10.2 Å². The molecule has 1 aromatic carbocycles. The Labute approximate surface area is 170 Å². The number of hydrogen-bond acceptors (Lipinski definition) is 4. The van der Waals surface area contributed by atoms with Crippen LogP contribution in [0.4, 0.5) is 5.69 Å². The molecule has 8 heteroatoms. The number of thiocarbonyl (C=S) groups is 1. The van der Waals surface area contributed by atoms with Crippen molar-refractivity contribution in [3.63, 3.8) is 0 Å². The van der Waals surface area contributed by atoms with Crippen LogP contribution in [0.3, 0.4) is 0 Å². The molecule has 1 unspecified atom stereocenters. The first-order valence-electron chi connectivity index (χ1n) is 8.71. The van der Waals surface area contributed by atoms with E-state index in [1.807, 2.05) is 45.0 Å². The average molecular weight is 415 g/mol. The van der Waals surface area contributed by atoms with Crippen LogP contribution in [-0.2, 0) is 10.2 Å². The summed E-state index contributed by atoms with van der Waals surface area (Å²) < 4.78 is 24.4. The van der Waals surface area contributed by atoms with Crippen molar-refractivity contribution in [1.82, 2.24) is 9.97 Å². The van der Waals surface area contributed by atoms with E-state index in [4.69, 9.17) is 17.4 Å². The lowest BCUT2D eigenvalue weighted by atomic mass is 10.0. The Morgan fingerprint density at radius 2 is 1.86 bits per heavy atom.